The molecule has 1 aromatic carbocycles. The van der Waals surface area contributed by atoms with Crippen molar-refractivity contribution in [1.82, 2.24) is 15.0 Å². The molecule has 0 radical (unpaired) electrons. The number of benzene rings is 1. The molecular formula is C13H13N3O3. The minimum absolute atomic E-state index is 0.0702. The molecule has 0 aliphatic rings. The van der Waals surface area contributed by atoms with E-state index in [9.17, 15) is 9.59 Å². The topological polar surface area (TPSA) is 74.1 Å². The lowest BCUT2D eigenvalue weighted by Gasteiger charge is -2.04. The van der Waals surface area contributed by atoms with Crippen molar-refractivity contribution in [3.05, 3.63) is 47.3 Å². The van der Waals surface area contributed by atoms with Crippen LogP contribution in [0.1, 0.15) is 6.42 Å². The predicted molar refractivity (Wildman–Crippen MR) is 69.6 cm³/mol. The highest BCUT2D eigenvalue weighted by Crippen LogP contribution is 2.03. The Kier molecular flexibility index (Phi) is 4.02. The van der Waals surface area contributed by atoms with E-state index in [2.05, 4.69) is 16.9 Å². The normalized spacial score (nSPS) is 10.3. The number of aromatic nitrogens is 3. The standard InChI is InChI=1S/C13H13N3O3/c1-2-9-19-12(17)7-8-16-13(18)10-5-3-4-6-11(10)14-15-16/h2-6H,1,7-9H2. The van der Waals surface area contributed by atoms with E-state index < -0.39 is 5.97 Å². The van der Waals surface area contributed by atoms with Crippen LogP contribution < -0.4 is 5.56 Å². The van der Waals surface area contributed by atoms with E-state index in [1.807, 2.05) is 0 Å². The van der Waals surface area contributed by atoms with Crippen molar-refractivity contribution in [2.75, 3.05) is 6.61 Å². The van der Waals surface area contributed by atoms with Crippen molar-refractivity contribution in [3.63, 3.8) is 0 Å². The summed E-state index contributed by atoms with van der Waals surface area (Å²) < 4.78 is 5.98. The maximum absolute atomic E-state index is 12.0. The smallest absolute Gasteiger partial charge is 0.307 e. The SMILES string of the molecule is C=CCOC(=O)CCn1nnc2ccccc2c1=O. The van der Waals surface area contributed by atoms with Crippen molar-refractivity contribution in [2.45, 2.75) is 13.0 Å². The summed E-state index contributed by atoms with van der Waals surface area (Å²) in [5.74, 6) is -0.401. The summed E-state index contributed by atoms with van der Waals surface area (Å²) in [4.78, 5) is 23.4. The summed E-state index contributed by atoms with van der Waals surface area (Å²) in [6.07, 6.45) is 1.56. The third kappa shape index (κ3) is 3.04. The van der Waals surface area contributed by atoms with Gasteiger partial charge in [-0.2, -0.15) is 0 Å². The summed E-state index contributed by atoms with van der Waals surface area (Å²) in [5.41, 5.74) is 0.278. The zero-order chi connectivity index (χ0) is 13.7. The quantitative estimate of drug-likeness (QED) is 0.589. The highest BCUT2D eigenvalue weighted by atomic mass is 16.5. The molecule has 0 fully saturated rings. The lowest BCUT2D eigenvalue weighted by molar-refractivity contribution is -0.142. The van der Waals surface area contributed by atoms with Gasteiger partial charge in [-0.15, -0.1) is 5.10 Å². The summed E-state index contributed by atoms with van der Waals surface area (Å²) in [5, 5.41) is 8.19. The number of esters is 1. The van der Waals surface area contributed by atoms with Crippen LogP contribution in [0.3, 0.4) is 0 Å². The molecule has 1 aromatic heterocycles. The van der Waals surface area contributed by atoms with Crippen LogP contribution in [0, 0.1) is 0 Å². The van der Waals surface area contributed by atoms with Gasteiger partial charge in [-0.05, 0) is 12.1 Å². The van der Waals surface area contributed by atoms with Crippen LogP contribution in [0.5, 0.6) is 0 Å². The first-order valence-corrected chi connectivity index (χ1v) is 5.81. The number of rotatable bonds is 5. The van der Waals surface area contributed by atoms with Crippen LogP contribution in [-0.2, 0) is 16.1 Å². The van der Waals surface area contributed by atoms with E-state index in [4.69, 9.17) is 4.74 Å². The van der Waals surface area contributed by atoms with E-state index >= 15 is 0 Å². The van der Waals surface area contributed by atoms with Gasteiger partial charge in [0.15, 0.2) is 0 Å². The second-order valence-electron chi connectivity index (χ2n) is 3.86. The number of carbonyl (C=O) groups is 1. The molecule has 0 spiro atoms. The summed E-state index contributed by atoms with van der Waals surface area (Å²) in [6.45, 7) is 3.75. The maximum atomic E-state index is 12.0. The molecule has 0 N–H and O–H groups in total. The third-order valence-electron chi connectivity index (χ3n) is 2.52. The van der Waals surface area contributed by atoms with E-state index in [0.29, 0.717) is 10.9 Å². The second-order valence-corrected chi connectivity index (χ2v) is 3.86. The van der Waals surface area contributed by atoms with E-state index in [1.54, 1.807) is 24.3 Å². The number of hydrogen-bond donors (Lipinski definition) is 0. The highest BCUT2D eigenvalue weighted by molar-refractivity contribution is 5.76. The van der Waals surface area contributed by atoms with Gasteiger partial charge in [0.25, 0.3) is 5.56 Å². The average Bonchev–Trinajstić information content (AvgIpc) is 2.44. The van der Waals surface area contributed by atoms with Crippen LogP contribution in [-0.4, -0.2) is 27.6 Å². The van der Waals surface area contributed by atoms with Crippen molar-refractivity contribution in [3.8, 4) is 0 Å². The molecular weight excluding hydrogens is 246 g/mol. The van der Waals surface area contributed by atoms with Gasteiger partial charge in [0.2, 0.25) is 0 Å². The molecule has 19 heavy (non-hydrogen) atoms. The van der Waals surface area contributed by atoms with Gasteiger partial charge in [0, 0.05) is 0 Å². The monoisotopic (exact) mass is 259 g/mol. The van der Waals surface area contributed by atoms with Crippen molar-refractivity contribution in [2.24, 2.45) is 0 Å². The summed E-state index contributed by atoms with van der Waals surface area (Å²) in [6, 6.07) is 6.94. The van der Waals surface area contributed by atoms with Crippen molar-refractivity contribution >= 4 is 16.9 Å². The van der Waals surface area contributed by atoms with Crippen LogP contribution in [0.15, 0.2) is 41.7 Å². The molecule has 0 bridgehead atoms. The molecule has 0 saturated heterocycles. The molecule has 98 valence electrons. The van der Waals surface area contributed by atoms with Crippen molar-refractivity contribution < 1.29 is 9.53 Å². The molecule has 0 atom stereocenters. The van der Waals surface area contributed by atoms with Crippen LogP contribution in [0.2, 0.25) is 0 Å². The largest absolute Gasteiger partial charge is 0.461 e. The maximum Gasteiger partial charge on any atom is 0.307 e. The Morgan fingerprint density at radius 3 is 3.00 bits per heavy atom. The van der Waals surface area contributed by atoms with Gasteiger partial charge in [-0.25, -0.2) is 4.68 Å². The van der Waals surface area contributed by atoms with Crippen molar-refractivity contribution in [1.29, 1.82) is 0 Å². The molecule has 0 amide bonds. The van der Waals surface area contributed by atoms with Gasteiger partial charge in [-0.1, -0.05) is 30.0 Å². The first kappa shape index (κ1) is 12.9. The van der Waals surface area contributed by atoms with E-state index in [-0.39, 0.29) is 25.1 Å². The van der Waals surface area contributed by atoms with Crippen LogP contribution in [0.25, 0.3) is 10.9 Å². The number of carbonyl (C=O) groups excluding carboxylic acids is 1. The predicted octanol–water partition coefficient (Wildman–Crippen LogP) is 0.911. The van der Waals surface area contributed by atoms with Crippen LogP contribution >= 0.6 is 0 Å². The number of nitrogens with zero attached hydrogens (tertiary/aromatic N) is 3. The number of aryl methyl sites for hydroxylation is 1. The average molecular weight is 259 g/mol. The molecule has 0 saturated carbocycles. The Bertz CT molecular complexity index is 663. The number of hydrogen-bond acceptors (Lipinski definition) is 5. The number of ether oxygens (including phenoxy) is 1. The third-order valence-corrected chi connectivity index (χ3v) is 2.52. The first-order chi connectivity index (χ1) is 9.22. The zero-order valence-electron chi connectivity index (χ0n) is 10.3. The second kappa shape index (κ2) is 5.90. The Morgan fingerprint density at radius 1 is 1.42 bits per heavy atom. The fourth-order valence-electron chi connectivity index (χ4n) is 1.59. The Balaban J connectivity index is 2.13. The number of fused-ring (bicyclic) bond motifs is 1. The molecule has 6 heteroatoms. The van der Waals surface area contributed by atoms with Crippen LogP contribution in [0.4, 0.5) is 0 Å². The Morgan fingerprint density at radius 2 is 2.21 bits per heavy atom. The van der Waals surface area contributed by atoms with E-state index in [0.717, 1.165) is 4.68 Å². The Hall–Kier alpha value is -2.50. The lowest BCUT2D eigenvalue weighted by Crippen LogP contribution is -2.25. The van der Waals surface area contributed by atoms with E-state index in [1.165, 1.54) is 6.08 Å². The molecule has 0 aliphatic carbocycles. The molecule has 2 rings (SSSR count). The molecule has 2 aromatic rings. The van der Waals surface area contributed by atoms with Gasteiger partial charge >= 0.3 is 5.97 Å². The highest BCUT2D eigenvalue weighted by Gasteiger charge is 2.07. The molecule has 6 nitrogen and oxygen atoms in total. The fourth-order valence-corrected chi connectivity index (χ4v) is 1.59. The fraction of sp³-hybridized carbons (Fsp3) is 0.231. The van der Waals surface area contributed by atoms with Gasteiger partial charge in [0.1, 0.15) is 12.1 Å². The minimum atomic E-state index is -0.401. The lowest BCUT2D eigenvalue weighted by atomic mass is 10.2. The first-order valence-electron chi connectivity index (χ1n) is 5.81. The molecule has 0 aliphatic heterocycles. The summed E-state index contributed by atoms with van der Waals surface area (Å²) >= 11 is 0. The Labute approximate surface area is 109 Å². The van der Waals surface area contributed by atoms with Gasteiger partial charge < -0.3 is 4.74 Å². The van der Waals surface area contributed by atoms with Gasteiger partial charge in [-0.3, -0.25) is 9.59 Å². The summed E-state index contributed by atoms with van der Waals surface area (Å²) in [7, 11) is 0. The zero-order valence-corrected chi connectivity index (χ0v) is 10.3. The molecule has 1 heterocycles. The molecule has 0 unspecified atom stereocenters. The van der Waals surface area contributed by atoms with Gasteiger partial charge in [0.05, 0.1) is 18.4 Å². The minimum Gasteiger partial charge on any atom is -0.461 e.